The molecule has 0 bridgehead atoms. The zero-order valence-electron chi connectivity index (χ0n) is 11.1. The first-order valence-corrected chi connectivity index (χ1v) is 6.64. The first kappa shape index (κ1) is 11.6. The third-order valence-corrected chi connectivity index (χ3v) is 3.95. The summed E-state index contributed by atoms with van der Waals surface area (Å²) in [5, 5.41) is 4.83. The van der Waals surface area contributed by atoms with E-state index in [2.05, 4.69) is 35.3 Å². The molecular weight excluding hydrogens is 224 g/mol. The third-order valence-electron chi connectivity index (χ3n) is 3.95. The van der Waals surface area contributed by atoms with Crippen LogP contribution in [0.2, 0.25) is 0 Å². The molecule has 96 valence electrons. The molecular formula is C15H20N2O. The molecule has 1 atom stereocenters. The average molecular weight is 244 g/mol. The quantitative estimate of drug-likeness (QED) is 0.879. The lowest BCUT2D eigenvalue weighted by Crippen LogP contribution is -2.28. The van der Waals surface area contributed by atoms with Gasteiger partial charge in [-0.1, -0.05) is 12.1 Å². The second-order valence-corrected chi connectivity index (χ2v) is 5.10. The van der Waals surface area contributed by atoms with Crippen LogP contribution in [0.25, 0.3) is 10.9 Å². The summed E-state index contributed by atoms with van der Waals surface area (Å²) in [7, 11) is 3.84. The van der Waals surface area contributed by atoms with Crippen LogP contribution in [0.15, 0.2) is 24.4 Å². The van der Waals surface area contributed by atoms with Crippen molar-refractivity contribution in [2.45, 2.75) is 18.8 Å². The lowest BCUT2D eigenvalue weighted by molar-refractivity contribution is 0.418. The van der Waals surface area contributed by atoms with Crippen LogP contribution < -0.4 is 10.1 Å². The monoisotopic (exact) mass is 244 g/mol. The van der Waals surface area contributed by atoms with Gasteiger partial charge < -0.3 is 14.6 Å². The summed E-state index contributed by atoms with van der Waals surface area (Å²) in [4.78, 5) is 0. The van der Waals surface area contributed by atoms with Crippen LogP contribution in [0.5, 0.6) is 5.75 Å². The average Bonchev–Trinajstić information content (AvgIpc) is 2.77. The standard InChI is InChI=1S/C15H20N2O/c1-17-10-13(11-5-4-8-16-9-11)12-6-3-7-14(18-2)15(12)17/h3,6-7,10-11,16H,4-5,8-9H2,1-2H3. The fraction of sp³-hybridized carbons (Fsp3) is 0.467. The number of hydrogen-bond donors (Lipinski definition) is 1. The van der Waals surface area contributed by atoms with Crippen LogP contribution in [-0.4, -0.2) is 24.8 Å². The molecule has 0 spiro atoms. The van der Waals surface area contributed by atoms with Gasteiger partial charge in [-0.2, -0.15) is 0 Å². The van der Waals surface area contributed by atoms with Gasteiger partial charge in [0.1, 0.15) is 5.75 Å². The number of ether oxygens (including phenoxy) is 1. The first-order valence-electron chi connectivity index (χ1n) is 6.64. The number of hydrogen-bond acceptors (Lipinski definition) is 2. The molecule has 0 radical (unpaired) electrons. The van der Waals surface area contributed by atoms with E-state index in [1.165, 1.54) is 29.3 Å². The number of aromatic nitrogens is 1. The van der Waals surface area contributed by atoms with E-state index in [4.69, 9.17) is 4.74 Å². The van der Waals surface area contributed by atoms with Crippen molar-refractivity contribution in [3.05, 3.63) is 30.0 Å². The molecule has 0 aliphatic carbocycles. The van der Waals surface area contributed by atoms with Crippen LogP contribution in [0, 0.1) is 0 Å². The fourth-order valence-corrected chi connectivity index (χ4v) is 3.07. The Balaban J connectivity index is 2.12. The number of nitrogens with zero attached hydrogens (tertiary/aromatic N) is 1. The van der Waals surface area contributed by atoms with Gasteiger partial charge in [-0.15, -0.1) is 0 Å². The van der Waals surface area contributed by atoms with E-state index in [0.717, 1.165) is 18.8 Å². The van der Waals surface area contributed by atoms with Crippen molar-refractivity contribution in [1.29, 1.82) is 0 Å². The van der Waals surface area contributed by atoms with Crippen molar-refractivity contribution in [3.8, 4) is 5.75 Å². The fourth-order valence-electron chi connectivity index (χ4n) is 3.07. The molecule has 1 aliphatic heterocycles. The highest BCUT2D eigenvalue weighted by Crippen LogP contribution is 2.35. The minimum atomic E-state index is 0.634. The summed E-state index contributed by atoms with van der Waals surface area (Å²) in [6.07, 6.45) is 4.82. The van der Waals surface area contributed by atoms with E-state index in [0.29, 0.717) is 5.92 Å². The summed E-state index contributed by atoms with van der Waals surface area (Å²) >= 11 is 0. The molecule has 18 heavy (non-hydrogen) atoms. The molecule has 2 aromatic rings. The zero-order valence-corrected chi connectivity index (χ0v) is 11.1. The molecule has 1 saturated heterocycles. The summed E-state index contributed by atoms with van der Waals surface area (Å²) in [6.45, 7) is 2.25. The Morgan fingerprint density at radius 1 is 1.39 bits per heavy atom. The highest BCUT2D eigenvalue weighted by atomic mass is 16.5. The summed E-state index contributed by atoms with van der Waals surface area (Å²) in [5.74, 6) is 1.60. The molecule has 2 heterocycles. The number of aryl methyl sites for hydroxylation is 1. The van der Waals surface area contributed by atoms with Gasteiger partial charge in [-0.25, -0.2) is 0 Å². The lowest BCUT2D eigenvalue weighted by atomic mass is 9.91. The Labute approximate surface area is 108 Å². The van der Waals surface area contributed by atoms with Crippen molar-refractivity contribution in [3.63, 3.8) is 0 Å². The molecule has 1 unspecified atom stereocenters. The number of para-hydroxylation sites is 1. The zero-order chi connectivity index (χ0) is 12.5. The van der Waals surface area contributed by atoms with Crippen molar-refractivity contribution in [2.24, 2.45) is 7.05 Å². The van der Waals surface area contributed by atoms with Crippen LogP contribution in [-0.2, 0) is 7.05 Å². The molecule has 1 fully saturated rings. The SMILES string of the molecule is COc1cccc2c(C3CCCNC3)cn(C)c12. The first-order chi connectivity index (χ1) is 8.81. The maximum Gasteiger partial charge on any atom is 0.143 e. The Kier molecular flexibility index (Phi) is 3.00. The topological polar surface area (TPSA) is 26.2 Å². The van der Waals surface area contributed by atoms with Gasteiger partial charge in [-0.05, 0) is 36.9 Å². The van der Waals surface area contributed by atoms with Gasteiger partial charge in [-0.3, -0.25) is 0 Å². The van der Waals surface area contributed by atoms with E-state index in [-0.39, 0.29) is 0 Å². The molecule has 3 heteroatoms. The summed E-state index contributed by atoms with van der Waals surface area (Å²) in [6, 6.07) is 6.33. The highest BCUT2D eigenvalue weighted by molar-refractivity contribution is 5.89. The molecule has 3 nitrogen and oxygen atoms in total. The molecule has 0 amide bonds. The second-order valence-electron chi connectivity index (χ2n) is 5.10. The van der Waals surface area contributed by atoms with Gasteiger partial charge in [0.25, 0.3) is 0 Å². The maximum atomic E-state index is 5.47. The van der Waals surface area contributed by atoms with Crippen molar-refractivity contribution in [2.75, 3.05) is 20.2 Å². The van der Waals surface area contributed by atoms with Crippen LogP contribution in [0.3, 0.4) is 0 Å². The molecule has 3 rings (SSSR count). The predicted molar refractivity (Wildman–Crippen MR) is 74.3 cm³/mol. The van der Waals surface area contributed by atoms with Gasteiger partial charge >= 0.3 is 0 Å². The van der Waals surface area contributed by atoms with E-state index < -0.39 is 0 Å². The second kappa shape index (κ2) is 4.65. The largest absolute Gasteiger partial charge is 0.495 e. The Hall–Kier alpha value is -1.48. The number of rotatable bonds is 2. The van der Waals surface area contributed by atoms with Gasteiger partial charge in [0.2, 0.25) is 0 Å². The molecule has 1 aromatic carbocycles. The van der Waals surface area contributed by atoms with Crippen molar-refractivity contribution in [1.82, 2.24) is 9.88 Å². The minimum absolute atomic E-state index is 0.634. The molecule has 0 saturated carbocycles. The summed E-state index contributed by atoms with van der Waals surface area (Å²) in [5.41, 5.74) is 2.67. The van der Waals surface area contributed by atoms with E-state index in [1.807, 2.05) is 6.07 Å². The van der Waals surface area contributed by atoms with Crippen molar-refractivity contribution < 1.29 is 4.74 Å². The molecule has 1 aliphatic rings. The summed E-state index contributed by atoms with van der Waals surface area (Å²) < 4.78 is 7.67. The van der Waals surface area contributed by atoms with Crippen LogP contribution in [0.1, 0.15) is 24.3 Å². The predicted octanol–water partition coefficient (Wildman–Crippen LogP) is 2.65. The smallest absolute Gasteiger partial charge is 0.143 e. The van der Waals surface area contributed by atoms with Gasteiger partial charge in [0, 0.05) is 25.2 Å². The Morgan fingerprint density at radius 2 is 2.28 bits per heavy atom. The Morgan fingerprint density at radius 3 is 3.00 bits per heavy atom. The lowest BCUT2D eigenvalue weighted by Gasteiger charge is -2.22. The number of nitrogens with one attached hydrogen (secondary N) is 1. The van der Waals surface area contributed by atoms with Gasteiger partial charge in [0.15, 0.2) is 0 Å². The van der Waals surface area contributed by atoms with Crippen LogP contribution in [0.4, 0.5) is 0 Å². The van der Waals surface area contributed by atoms with E-state index in [1.54, 1.807) is 7.11 Å². The third kappa shape index (κ3) is 1.79. The Bertz CT molecular complexity index is 553. The van der Waals surface area contributed by atoms with Gasteiger partial charge in [0.05, 0.1) is 12.6 Å². The minimum Gasteiger partial charge on any atom is -0.495 e. The number of methoxy groups -OCH3 is 1. The van der Waals surface area contributed by atoms with Crippen LogP contribution >= 0.6 is 0 Å². The normalized spacial score (nSPS) is 20.2. The molecule has 1 N–H and O–H groups in total. The highest BCUT2D eigenvalue weighted by Gasteiger charge is 2.20. The van der Waals surface area contributed by atoms with E-state index >= 15 is 0 Å². The van der Waals surface area contributed by atoms with Crippen molar-refractivity contribution >= 4 is 10.9 Å². The molecule has 1 aromatic heterocycles. The maximum absolute atomic E-state index is 5.47. The number of piperidine rings is 1. The number of fused-ring (bicyclic) bond motifs is 1. The number of benzene rings is 1. The van der Waals surface area contributed by atoms with E-state index in [9.17, 15) is 0 Å².